The Morgan fingerprint density at radius 1 is 0.367 bits per heavy atom. The predicted molar refractivity (Wildman–Crippen MR) is 578 cm³/mol. The monoisotopic (exact) mass is 2030 g/mol. The second-order valence-electron chi connectivity index (χ2n) is 37.9. The molecule has 0 aliphatic carbocycles. The van der Waals surface area contributed by atoms with Crippen LogP contribution in [-0.2, 0) is 97.9 Å². The summed E-state index contributed by atoms with van der Waals surface area (Å²) in [6.07, 6.45) is 29.7. The number of aromatic nitrogens is 15. The van der Waals surface area contributed by atoms with Crippen LogP contribution >= 0.6 is 11.6 Å². The summed E-state index contributed by atoms with van der Waals surface area (Å²) in [7, 11) is 14.4. The predicted octanol–water partition coefficient (Wildman–Crippen LogP) is 16.7. The van der Waals surface area contributed by atoms with Crippen molar-refractivity contribution in [2.75, 3.05) is 124 Å². The fourth-order valence-electron chi connectivity index (χ4n) is 18.3. The molecule has 0 amide bonds. The Balaban J connectivity index is 0.000000128. The summed E-state index contributed by atoms with van der Waals surface area (Å²) in [5.41, 5.74) is 58.7. The van der Waals surface area contributed by atoms with Gasteiger partial charge in [-0.05, 0) is 348 Å². The van der Waals surface area contributed by atoms with Crippen LogP contribution in [0.5, 0.6) is 35.1 Å². The molecule has 10 N–H and O–H groups in total. The molecule has 21 rings (SSSR count). The highest BCUT2D eigenvalue weighted by atomic mass is 35.5. The average molecular weight is 2040 g/mol. The first-order chi connectivity index (χ1) is 72.8. The normalized spacial score (nSPS) is 13.7. The lowest BCUT2D eigenvalue weighted by Gasteiger charge is -2.30. The fourth-order valence-corrected chi connectivity index (χ4v) is 18.6. The van der Waals surface area contributed by atoms with Gasteiger partial charge in [0.15, 0.2) is 29.1 Å². The van der Waals surface area contributed by atoms with E-state index in [1.165, 1.54) is 80.3 Å². The minimum absolute atomic E-state index is 0.200. The molecule has 0 unspecified atom stereocenters. The topological polar surface area (TPSA) is 398 Å². The molecule has 5 aliphatic heterocycles. The van der Waals surface area contributed by atoms with Crippen LogP contribution in [0.4, 0.5) is 37.9 Å². The lowest BCUT2D eigenvalue weighted by atomic mass is 9.92. The van der Waals surface area contributed by atoms with Gasteiger partial charge in [0.05, 0.1) is 66.6 Å². The number of aryl methyl sites for hydroxylation is 2. The van der Waals surface area contributed by atoms with E-state index >= 15 is 0 Å². The molecule has 0 fully saturated rings. The van der Waals surface area contributed by atoms with Crippen molar-refractivity contribution in [3.8, 4) is 103 Å². The fraction of sp³-hybridized carbons (Fsp3) is 0.278. The Kier molecular flexibility index (Phi) is 35.0. The van der Waals surface area contributed by atoms with Crippen LogP contribution in [0.25, 0.3) is 56.3 Å². The number of pyridine rings is 5. The molecule has 0 atom stereocenters. The summed E-state index contributed by atoms with van der Waals surface area (Å²) in [5, 5.41) is 0.772. The first-order valence-corrected chi connectivity index (χ1v) is 49.9. The van der Waals surface area contributed by atoms with Gasteiger partial charge in [-0.2, -0.15) is 0 Å². The van der Waals surface area contributed by atoms with Crippen molar-refractivity contribution >= 4 is 40.7 Å². The van der Waals surface area contributed by atoms with Gasteiger partial charge in [0.2, 0.25) is 0 Å². The van der Waals surface area contributed by atoms with Gasteiger partial charge in [-0.1, -0.05) is 23.6 Å². The van der Waals surface area contributed by atoms with E-state index in [-0.39, 0.29) is 53.3 Å². The summed E-state index contributed by atoms with van der Waals surface area (Å²) in [6, 6.07) is 45.4. The number of fused-ring (bicyclic) bond motifs is 5. The zero-order chi connectivity index (χ0) is 105. The maximum absolute atomic E-state index is 14.6. The second-order valence-corrected chi connectivity index (χ2v) is 38.3. The lowest BCUT2D eigenvalue weighted by molar-refractivity contribution is 0.238. The number of hydrogen-bond donors (Lipinski definition) is 5. The van der Waals surface area contributed by atoms with Crippen LogP contribution in [-0.4, -0.2) is 199 Å². The van der Waals surface area contributed by atoms with Crippen LogP contribution < -0.4 is 57.1 Å². The summed E-state index contributed by atoms with van der Waals surface area (Å²) >= 11 is 6.53. The van der Waals surface area contributed by atoms with Crippen LogP contribution in [0, 0.1) is 37.3 Å². The minimum atomic E-state index is -0.323. The maximum Gasteiger partial charge on any atom is 0.258 e. The van der Waals surface area contributed by atoms with Gasteiger partial charge >= 0.3 is 0 Å². The van der Waals surface area contributed by atoms with Gasteiger partial charge in [0.25, 0.3) is 29.4 Å². The molecule has 150 heavy (non-hydrogen) atoms. The van der Waals surface area contributed by atoms with Crippen molar-refractivity contribution < 1.29 is 37.2 Å². The van der Waals surface area contributed by atoms with Gasteiger partial charge in [-0.15, -0.1) is 0 Å². The molecule has 32 nitrogen and oxygen atoms in total. The number of hydrogen-bond acceptors (Lipinski definition) is 32. The van der Waals surface area contributed by atoms with E-state index in [0.717, 1.165) is 181 Å². The van der Waals surface area contributed by atoms with Crippen molar-refractivity contribution in [2.45, 2.75) is 118 Å². The molecule has 0 bridgehead atoms. The number of rotatable bonds is 25. The molecule has 0 radical (unpaired) electrons. The number of benzene rings is 6. The van der Waals surface area contributed by atoms with E-state index in [1.807, 2.05) is 85.9 Å². The molecule has 35 heteroatoms. The Hall–Kier alpha value is -16.3. The Morgan fingerprint density at radius 2 is 0.713 bits per heavy atom. The molecule has 0 spiro atoms. The van der Waals surface area contributed by atoms with Gasteiger partial charge in [0, 0.05) is 160 Å². The summed E-state index contributed by atoms with van der Waals surface area (Å²) in [5.74, 6) is 9.02. The van der Waals surface area contributed by atoms with E-state index < -0.39 is 0 Å². The number of ether oxygens (including phenoxy) is 6. The van der Waals surface area contributed by atoms with E-state index in [2.05, 4.69) is 197 Å². The lowest BCUT2D eigenvalue weighted by Crippen LogP contribution is -2.33. The number of methoxy groups -OCH3 is 1. The maximum atomic E-state index is 14.6. The van der Waals surface area contributed by atoms with Crippen molar-refractivity contribution in [3.05, 3.63) is 355 Å². The Bertz CT molecular complexity index is 7310. The third kappa shape index (κ3) is 28.0. The van der Waals surface area contributed by atoms with Crippen LogP contribution in [0.2, 0.25) is 5.02 Å². The molecule has 16 aromatic rings. The standard InChI is InChI=1S/C29H26FN5O.C25H32N6O.C21H23N5O2.C20H20ClN5O.C20H20FN5O/c1-19-12-22(15-23-17-35(2)11-9-26(19)23)27-16-33-28(31)29(34-27)36-18-21-8-10-32-25(14-21)7-6-20-4-3-5-24(30)13-20;1-18-13-20(14-21-16-31(12-7-22(18)21)11-4-10-30(2)3)23-15-28-24(26)25(29-23)32-17-19-5-8-27-9-6-19;1-26-8-5-17-16(12-26)9-15(10-19(17)27-2)18-11-24-20(22)21(25-18)28-13-14-3-6-23-7-4-14;2*1-26-7-4-16-15(11-26)8-14(9-17(16)21)18-10-24-19(22)20(25-18)27-12-13-2-5-23-6-3-13/h3-5,8,10,12-16H,9,11,17-18H2,1-2H3,(H2,31,33);5-6,8-9,13-15H,4,7,10-12,16-17H2,1-3H3,(H2,26,28);3-4,6-7,9-11H,5,8,12-13H2,1-2H3,(H2,22,24);2*2-3,5-6,8-10H,4,7,11-12H2,1H3,(H2,22,24). The number of nitrogens with zero attached hydrogens (tertiary/aromatic N) is 21. The highest BCUT2D eigenvalue weighted by molar-refractivity contribution is 6.31. The van der Waals surface area contributed by atoms with Crippen molar-refractivity contribution in [2.24, 2.45) is 0 Å². The zero-order valence-corrected chi connectivity index (χ0v) is 86.3. The molecule has 15 heterocycles. The van der Waals surface area contributed by atoms with Crippen LogP contribution in [0.15, 0.2) is 232 Å². The molecular formula is C115H121ClF2N26O6. The van der Waals surface area contributed by atoms with Crippen molar-refractivity contribution in [3.63, 3.8) is 0 Å². The summed E-state index contributed by atoms with van der Waals surface area (Å²) in [6.45, 7) is 17.6. The summed E-state index contributed by atoms with van der Waals surface area (Å²) in [4.78, 5) is 78.5. The van der Waals surface area contributed by atoms with Gasteiger partial charge < -0.3 is 81.6 Å². The number of anilines is 5. The third-order valence-corrected chi connectivity index (χ3v) is 26.6. The third-order valence-electron chi connectivity index (χ3n) is 26.3. The van der Waals surface area contributed by atoms with Crippen LogP contribution in [0.3, 0.4) is 0 Å². The van der Waals surface area contributed by atoms with Crippen molar-refractivity contribution in [1.82, 2.24) is 104 Å². The number of nitrogens with two attached hydrogens (primary N) is 5. The van der Waals surface area contributed by atoms with E-state index in [9.17, 15) is 8.78 Å². The smallest absolute Gasteiger partial charge is 0.258 e. The molecule has 5 aliphatic rings. The Morgan fingerprint density at radius 3 is 1.13 bits per heavy atom. The van der Waals surface area contributed by atoms with E-state index in [0.29, 0.717) is 96.8 Å². The van der Waals surface area contributed by atoms with Crippen molar-refractivity contribution in [1.29, 1.82) is 0 Å². The van der Waals surface area contributed by atoms with E-state index in [1.54, 1.807) is 106 Å². The SMILES string of the molecule is CN1CCc2c(Cl)cc(-c3cnc(N)c(OCc4ccncc4)n3)cc2C1.CN1CCc2c(F)cc(-c3cnc(N)c(OCc4ccncc4)n3)cc2C1.COc1cc(-c2cnc(N)c(OCc3ccncc3)n2)cc2c1CCN(C)C2.Cc1cc(-c2cnc(N)c(OCc3ccnc(C#Cc4cccc(F)c4)c3)n2)cc2c1CCN(C)C2.Cc1cc(-c2cnc(N)c(OCc3ccncc3)n2)cc2c1CCN(CCCN(C)C)C2. The molecule has 768 valence electrons. The zero-order valence-electron chi connectivity index (χ0n) is 85.6. The first kappa shape index (κ1) is 105. The second kappa shape index (κ2) is 50.0. The molecule has 6 aromatic carbocycles. The quantitative estimate of drug-likeness (QED) is 0.0332. The van der Waals surface area contributed by atoms with Crippen LogP contribution in [0.1, 0.15) is 112 Å². The largest absolute Gasteiger partial charge is 0.496 e. The molecule has 0 saturated carbocycles. The summed E-state index contributed by atoms with van der Waals surface area (Å²) < 4.78 is 62.7. The van der Waals surface area contributed by atoms with Gasteiger partial charge in [0.1, 0.15) is 56.1 Å². The van der Waals surface area contributed by atoms with Gasteiger partial charge in [-0.25, -0.2) is 63.6 Å². The Labute approximate surface area is 877 Å². The number of nitrogen functional groups attached to an aromatic ring is 5. The van der Waals surface area contributed by atoms with E-state index in [4.69, 9.17) is 73.7 Å². The highest BCUT2D eigenvalue weighted by Gasteiger charge is 2.27. The highest BCUT2D eigenvalue weighted by Crippen LogP contribution is 2.40. The molecular weight excluding hydrogens is 1910 g/mol. The number of likely N-dealkylation sites (N-methyl/N-ethyl adjacent to an activating group) is 4. The first-order valence-electron chi connectivity index (χ1n) is 49.5. The minimum Gasteiger partial charge on any atom is -0.496 e. The average Bonchev–Trinajstić information content (AvgIpc) is 0.811. The van der Waals surface area contributed by atoms with Gasteiger partial charge in [-0.3, -0.25) is 24.8 Å². The molecule has 10 aromatic heterocycles. The number of halogens is 3. The molecule has 0 saturated heterocycles.